The van der Waals surface area contributed by atoms with Gasteiger partial charge in [0.15, 0.2) is 11.5 Å². The molecule has 2 amide bonds. The molecule has 7 heteroatoms. The number of hydrogen-bond acceptors (Lipinski definition) is 5. The first kappa shape index (κ1) is 20.3. The molecule has 0 bridgehead atoms. The van der Waals surface area contributed by atoms with Crippen molar-refractivity contribution >= 4 is 40.8 Å². The number of rotatable bonds is 6. The normalized spacial score (nSPS) is 14.3. The van der Waals surface area contributed by atoms with Crippen LogP contribution < -0.4 is 9.47 Å². The lowest BCUT2D eigenvalue weighted by atomic mass is 10.1. The van der Waals surface area contributed by atoms with E-state index in [1.165, 1.54) is 23.8 Å². The first-order chi connectivity index (χ1) is 13.4. The number of halogens is 1. The van der Waals surface area contributed by atoms with Gasteiger partial charge in [-0.25, -0.2) is 0 Å². The third kappa shape index (κ3) is 3.75. The Labute approximate surface area is 173 Å². The highest BCUT2D eigenvalue weighted by Gasteiger charge is 2.41. The summed E-state index contributed by atoms with van der Waals surface area (Å²) in [5.74, 6) is 0.427. The lowest BCUT2D eigenvalue weighted by Crippen LogP contribution is -2.37. The van der Waals surface area contributed by atoms with Crippen molar-refractivity contribution in [2.75, 3.05) is 14.2 Å². The van der Waals surface area contributed by atoms with E-state index in [0.717, 1.165) is 4.90 Å². The van der Waals surface area contributed by atoms with Gasteiger partial charge in [0.25, 0.3) is 11.8 Å². The SMILES string of the molecule is COc1ccc(C2=C(Sc3ccc(Cl)cc3)C(=O)N(C(C)C)C2=O)cc1OC. The molecule has 0 aromatic heterocycles. The van der Waals surface area contributed by atoms with Gasteiger partial charge in [0.1, 0.15) is 0 Å². The lowest BCUT2D eigenvalue weighted by Gasteiger charge is -2.19. The number of benzene rings is 2. The summed E-state index contributed by atoms with van der Waals surface area (Å²) in [6.45, 7) is 3.63. The summed E-state index contributed by atoms with van der Waals surface area (Å²) < 4.78 is 10.6. The van der Waals surface area contributed by atoms with E-state index in [2.05, 4.69) is 0 Å². The molecule has 1 aliphatic heterocycles. The van der Waals surface area contributed by atoms with Crippen molar-refractivity contribution < 1.29 is 19.1 Å². The molecule has 0 atom stereocenters. The molecule has 5 nitrogen and oxygen atoms in total. The number of imide groups is 1. The van der Waals surface area contributed by atoms with Gasteiger partial charge in [-0.05, 0) is 55.8 Å². The van der Waals surface area contributed by atoms with Crippen LogP contribution in [0.25, 0.3) is 5.57 Å². The van der Waals surface area contributed by atoms with Gasteiger partial charge in [0.2, 0.25) is 0 Å². The van der Waals surface area contributed by atoms with Crippen molar-refractivity contribution in [1.29, 1.82) is 0 Å². The fourth-order valence-electron chi connectivity index (χ4n) is 2.96. The van der Waals surface area contributed by atoms with Crippen molar-refractivity contribution in [2.24, 2.45) is 0 Å². The molecule has 0 spiro atoms. The van der Waals surface area contributed by atoms with E-state index in [0.29, 0.717) is 32.6 Å². The molecule has 0 fully saturated rings. The number of ether oxygens (including phenoxy) is 2. The van der Waals surface area contributed by atoms with E-state index >= 15 is 0 Å². The summed E-state index contributed by atoms with van der Waals surface area (Å²) >= 11 is 7.21. The van der Waals surface area contributed by atoms with Crippen LogP contribution in [0.5, 0.6) is 11.5 Å². The number of hydrogen-bond donors (Lipinski definition) is 0. The molecular formula is C21H20ClNO4S. The van der Waals surface area contributed by atoms with E-state index in [-0.39, 0.29) is 17.9 Å². The number of carbonyl (C=O) groups is 2. The molecule has 2 aromatic carbocycles. The van der Waals surface area contributed by atoms with Crippen LogP contribution in [0.2, 0.25) is 5.02 Å². The minimum atomic E-state index is -0.316. The molecule has 28 heavy (non-hydrogen) atoms. The Morgan fingerprint density at radius 1 is 0.929 bits per heavy atom. The van der Waals surface area contributed by atoms with Gasteiger partial charge in [-0.2, -0.15) is 0 Å². The summed E-state index contributed by atoms with van der Waals surface area (Å²) in [4.78, 5) is 28.6. The molecule has 0 saturated carbocycles. The van der Waals surface area contributed by atoms with Crippen LogP contribution in [-0.4, -0.2) is 37.0 Å². The molecule has 0 unspecified atom stereocenters. The fraction of sp³-hybridized carbons (Fsp3) is 0.238. The summed E-state index contributed by atoms with van der Waals surface area (Å²) in [5, 5.41) is 0.607. The number of methoxy groups -OCH3 is 2. The van der Waals surface area contributed by atoms with Gasteiger partial charge in [0.05, 0.1) is 24.7 Å². The molecular weight excluding hydrogens is 398 g/mol. The molecule has 0 radical (unpaired) electrons. The molecule has 1 heterocycles. The third-order valence-corrected chi connectivity index (χ3v) is 5.64. The Morgan fingerprint density at radius 3 is 2.14 bits per heavy atom. The molecule has 1 aliphatic rings. The first-order valence-electron chi connectivity index (χ1n) is 8.65. The average molecular weight is 418 g/mol. The first-order valence-corrected chi connectivity index (χ1v) is 9.84. The van der Waals surface area contributed by atoms with Gasteiger partial charge in [-0.15, -0.1) is 0 Å². The fourth-order valence-corrected chi connectivity index (χ4v) is 4.08. The summed E-state index contributed by atoms with van der Waals surface area (Å²) in [5.41, 5.74) is 0.968. The van der Waals surface area contributed by atoms with Crippen LogP contribution >= 0.6 is 23.4 Å². The van der Waals surface area contributed by atoms with Crippen LogP contribution in [0.1, 0.15) is 19.4 Å². The van der Waals surface area contributed by atoms with Gasteiger partial charge in [0, 0.05) is 16.0 Å². The zero-order chi connectivity index (χ0) is 20.4. The second kappa shape index (κ2) is 8.29. The van der Waals surface area contributed by atoms with Crippen molar-refractivity contribution in [3.05, 3.63) is 58.0 Å². The van der Waals surface area contributed by atoms with E-state index in [1.54, 1.807) is 37.4 Å². The maximum absolute atomic E-state index is 13.1. The molecule has 2 aromatic rings. The Bertz CT molecular complexity index is 953. The average Bonchev–Trinajstić information content (AvgIpc) is 2.92. The minimum Gasteiger partial charge on any atom is -0.493 e. The second-order valence-corrected chi connectivity index (χ2v) is 7.92. The van der Waals surface area contributed by atoms with Crippen molar-refractivity contribution in [1.82, 2.24) is 4.90 Å². The van der Waals surface area contributed by atoms with E-state index in [4.69, 9.17) is 21.1 Å². The zero-order valence-corrected chi connectivity index (χ0v) is 17.6. The van der Waals surface area contributed by atoms with Crippen LogP contribution in [0.3, 0.4) is 0 Å². The summed E-state index contributed by atoms with van der Waals surface area (Å²) in [6.07, 6.45) is 0. The smallest absolute Gasteiger partial charge is 0.268 e. The van der Waals surface area contributed by atoms with E-state index in [1.807, 2.05) is 26.0 Å². The maximum Gasteiger partial charge on any atom is 0.268 e. The highest BCUT2D eigenvalue weighted by atomic mass is 35.5. The number of amides is 2. The number of thioether (sulfide) groups is 1. The predicted octanol–water partition coefficient (Wildman–Crippen LogP) is 4.64. The highest BCUT2D eigenvalue weighted by Crippen LogP contribution is 2.42. The second-order valence-electron chi connectivity index (χ2n) is 6.40. The number of nitrogens with zero attached hydrogens (tertiary/aromatic N) is 1. The Balaban J connectivity index is 2.12. The highest BCUT2D eigenvalue weighted by molar-refractivity contribution is 8.04. The lowest BCUT2D eigenvalue weighted by molar-refractivity contribution is -0.138. The van der Waals surface area contributed by atoms with Gasteiger partial charge >= 0.3 is 0 Å². The molecule has 0 aliphatic carbocycles. The van der Waals surface area contributed by atoms with Crippen LogP contribution in [0.15, 0.2) is 52.3 Å². The standard InChI is InChI=1S/C21H20ClNO4S/c1-12(2)23-20(24)18(13-5-10-16(26-3)17(11-13)27-4)19(21(23)25)28-15-8-6-14(22)7-9-15/h5-12H,1-4H3. The van der Waals surface area contributed by atoms with E-state index in [9.17, 15) is 9.59 Å². The summed E-state index contributed by atoms with van der Waals surface area (Å²) in [6, 6.07) is 12.1. The largest absolute Gasteiger partial charge is 0.493 e. The van der Waals surface area contributed by atoms with Gasteiger partial charge < -0.3 is 9.47 Å². The van der Waals surface area contributed by atoms with Crippen LogP contribution in [0.4, 0.5) is 0 Å². The Morgan fingerprint density at radius 2 is 1.57 bits per heavy atom. The summed E-state index contributed by atoms with van der Waals surface area (Å²) in [7, 11) is 3.07. The molecule has 0 saturated heterocycles. The minimum absolute atomic E-state index is 0.251. The zero-order valence-electron chi connectivity index (χ0n) is 16.0. The molecule has 0 N–H and O–H groups in total. The van der Waals surface area contributed by atoms with Crippen molar-refractivity contribution in [2.45, 2.75) is 24.8 Å². The quantitative estimate of drug-likeness (QED) is 0.641. The van der Waals surface area contributed by atoms with E-state index < -0.39 is 0 Å². The maximum atomic E-state index is 13.1. The Kier molecular flexibility index (Phi) is 6.01. The molecule has 3 rings (SSSR count). The monoisotopic (exact) mass is 417 g/mol. The van der Waals surface area contributed by atoms with Gasteiger partial charge in [-0.3, -0.25) is 14.5 Å². The van der Waals surface area contributed by atoms with Gasteiger partial charge in [-0.1, -0.05) is 29.4 Å². The van der Waals surface area contributed by atoms with Crippen molar-refractivity contribution in [3.63, 3.8) is 0 Å². The number of carbonyl (C=O) groups excluding carboxylic acids is 2. The van der Waals surface area contributed by atoms with Crippen LogP contribution in [0, 0.1) is 0 Å². The van der Waals surface area contributed by atoms with Crippen molar-refractivity contribution in [3.8, 4) is 11.5 Å². The molecule has 146 valence electrons. The topological polar surface area (TPSA) is 55.8 Å². The third-order valence-electron chi connectivity index (χ3n) is 4.29. The predicted molar refractivity (Wildman–Crippen MR) is 111 cm³/mol. The Hall–Kier alpha value is -2.44. The van der Waals surface area contributed by atoms with Crippen LogP contribution in [-0.2, 0) is 9.59 Å².